The molecular weight excluding hydrogens is 190 g/mol. The van der Waals surface area contributed by atoms with Crippen molar-refractivity contribution < 1.29 is 4.74 Å². The van der Waals surface area contributed by atoms with Crippen molar-refractivity contribution in [1.82, 2.24) is 9.97 Å². The van der Waals surface area contributed by atoms with Gasteiger partial charge in [0, 0.05) is 23.2 Å². The van der Waals surface area contributed by atoms with Crippen LogP contribution in [0.2, 0.25) is 0 Å². The quantitative estimate of drug-likeness (QED) is 0.810. The molecule has 15 heavy (non-hydrogen) atoms. The molecule has 0 spiro atoms. The van der Waals surface area contributed by atoms with Crippen molar-refractivity contribution >= 4 is 16.6 Å². The number of nitrogens with two attached hydrogens (primary N) is 1. The minimum absolute atomic E-state index is 0.0793. The average Bonchev–Trinajstić information content (AvgIpc) is 2.16. The first-order valence-electron chi connectivity index (χ1n) is 4.83. The zero-order chi connectivity index (χ0) is 10.8. The molecule has 0 aliphatic carbocycles. The molecule has 0 aliphatic rings. The van der Waals surface area contributed by atoms with E-state index in [2.05, 4.69) is 9.97 Å². The largest absolute Gasteiger partial charge is 0.474 e. The van der Waals surface area contributed by atoms with Crippen LogP contribution in [0.3, 0.4) is 0 Å². The molecule has 4 nitrogen and oxygen atoms in total. The van der Waals surface area contributed by atoms with Crippen molar-refractivity contribution in [1.29, 1.82) is 0 Å². The summed E-state index contributed by atoms with van der Waals surface area (Å²) in [5.74, 6) is 1.02. The zero-order valence-corrected chi connectivity index (χ0v) is 8.77. The number of pyridine rings is 2. The smallest absolute Gasteiger partial charge is 0.223 e. The number of nitrogens with zero attached hydrogens (tertiary/aromatic N) is 2. The summed E-state index contributed by atoms with van der Waals surface area (Å²) < 4.78 is 5.59. The molecule has 2 heterocycles. The van der Waals surface area contributed by atoms with Crippen LogP contribution in [-0.4, -0.2) is 16.1 Å². The Kier molecular flexibility index (Phi) is 2.41. The van der Waals surface area contributed by atoms with E-state index >= 15 is 0 Å². The number of hydrogen-bond donors (Lipinski definition) is 1. The Balaban J connectivity index is 2.60. The van der Waals surface area contributed by atoms with Crippen molar-refractivity contribution in [2.24, 2.45) is 0 Å². The number of hydrogen-bond acceptors (Lipinski definition) is 4. The standard InChI is InChI=1S/C11H13N3O/c1-7(2)15-11-9-3-4-13-6-8(9)5-10(12)14-11/h3-7H,1-2H3,(H2,12,14). The van der Waals surface area contributed by atoms with Crippen LogP contribution >= 0.6 is 0 Å². The van der Waals surface area contributed by atoms with Crippen LogP contribution in [0.4, 0.5) is 5.82 Å². The molecule has 0 saturated carbocycles. The van der Waals surface area contributed by atoms with E-state index in [-0.39, 0.29) is 6.10 Å². The molecule has 0 unspecified atom stereocenters. The fourth-order valence-corrected chi connectivity index (χ4v) is 1.40. The Labute approximate surface area is 88.1 Å². The van der Waals surface area contributed by atoms with Crippen LogP contribution < -0.4 is 10.5 Å². The van der Waals surface area contributed by atoms with Gasteiger partial charge in [0.25, 0.3) is 0 Å². The zero-order valence-electron chi connectivity index (χ0n) is 8.77. The fraction of sp³-hybridized carbons (Fsp3) is 0.273. The monoisotopic (exact) mass is 203 g/mol. The highest BCUT2D eigenvalue weighted by molar-refractivity contribution is 5.87. The van der Waals surface area contributed by atoms with Gasteiger partial charge in [-0.2, -0.15) is 4.98 Å². The van der Waals surface area contributed by atoms with E-state index in [4.69, 9.17) is 10.5 Å². The van der Waals surface area contributed by atoms with Gasteiger partial charge in [-0.1, -0.05) is 0 Å². The highest BCUT2D eigenvalue weighted by atomic mass is 16.5. The number of nitrogen functional groups attached to an aromatic ring is 1. The highest BCUT2D eigenvalue weighted by Crippen LogP contribution is 2.25. The predicted molar refractivity (Wildman–Crippen MR) is 59.7 cm³/mol. The summed E-state index contributed by atoms with van der Waals surface area (Å²) in [7, 11) is 0. The molecule has 2 rings (SSSR count). The number of aromatic nitrogens is 2. The molecular formula is C11H13N3O. The third-order valence-electron chi connectivity index (χ3n) is 1.96. The predicted octanol–water partition coefficient (Wildman–Crippen LogP) is 2.00. The number of ether oxygens (including phenoxy) is 1. The van der Waals surface area contributed by atoms with Gasteiger partial charge < -0.3 is 10.5 Å². The first-order chi connectivity index (χ1) is 7.16. The summed E-state index contributed by atoms with van der Waals surface area (Å²) in [4.78, 5) is 8.20. The molecule has 0 bridgehead atoms. The summed E-state index contributed by atoms with van der Waals surface area (Å²) in [5, 5.41) is 1.88. The van der Waals surface area contributed by atoms with Crippen LogP contribution in [0.25, 0.3) is 10.8 Å². The van der Waals surface area contributed by atoms with Crippen LogP contribution in [-0.2, 0) is 0 Å². The van der Waals surface area contributed by atoms with Gasteiger partial charge in [-0.15, -0.1) is 0 Å². The molecule has 0 aromatic carbocycles. The molecule has 2 aromatic rings. The number of rotatable bonds is 2. The van der Waals surface area contributed by atoms with E-state index in [1.54, 1.807) is 18.5 Å². The van der Waals surface area contributed by atoms with Crippen molar-refractivity contribution in [2.75, 3.05) is 5.73 Å². The maximum absolute atomic E-state index is 5.68. The highest BCUT2D eigenvalue weighted by Gasteiger charge is 2.07. The van der Waals surface area contributed by atoms with E-state index < -0.39 is 0 Å². The van der Waals surface area contributed by atoms with Gasteiger partial charge in [-0.25, -0.2) is 0 Å². The second-order valence-electron chi connectivity index (χ2n) is 3.62. The lowest BCUT2D eigenvalue weighted by Crippen LogP contribution is -2.08. The minimum Gasteiger partial charge on any atom is -0.474 e. The SMILES string of the molecule is CC(C)Oc1nc(N)cc2cnccc12. The van der Waals surface area contributed by atoms with Crippen LogP contribution in [0.15, 0.2) is 24.5 Å². The van der Waals surface area contributed by atoms with Crippen LogP contribution in [0, 0.1) is 0 Å². The molecule has 0 fully saturated rings. The van der Waals surface area contributed by atoms with Gasteiger partial charge in [0.05, 0.1) is 6.10 Å². The second kappa shape index (κ2) is 3.73. The van der Waals surface area contributed by atoms with Crippen molar-refractivity contribution in [3.63, 3.8) is 0 Å². The third-order valence-corrected chi connectivity index (χ3v) is 1.96. The molecule has 0 aliphatic heterocycles. The lowest BCUT2D eigenvalue weighted by Gasteiger charge is -2.11. The van der Waals surface area contributed by atoms with Crippen molar-refractivity contribution in [2.45, 2.75) is 20.0 Å². The maximum atomic E-state index is 5.68. The van der Waals surface area contributed by atoms with Crippen molar-refractivity contribution in [3.8, 4) is 5.88 Å². The Bertz CT molecular complexity index is 482. The molecule has 0 radical (unpaired) electrons. The molecule has 0 saturated heterocycles. The lowest BCUT2D eigenvalue weighted by molar-refractivity contribution is 0.236. The molecule has 78 valence electrons. The molecule has 0 atom stereocenters. The van der Waals surface area contributed by atoms with Gasteiger partial charge in [-0.05, 0) is 26.0 Å². The van der Waals surface area contributed by atoms with E-state index in [1.807, 2.05) is 19.9 Å². The van der Waals surface area contributed by atoms with E-state index in [1.165, 1.54) is 0 Å². The summed E-state index contributed by atoms with van der Waals surface area (Å²) >= 11 is 0. The maximum Gasteiger partial charge on any atom is 0.223 e. The van der Waals surface area contributed by atoms with E-state index in [0.29, 0.717) is 11.7 Å². The number of anilines is 1. The molecule has 2 aromatic heterocycles. The van der Waals surface area contributed by atoms with Crippen molar-refractivity contribution in [3.05, 3.63) is 24.5 Å². The Hall–Kier alpha value is -1.84. The number of fused-ring (bicyclic) bond motifs is 1. The normalized spacial score (nSPS) is 10.9. The Morgan fingerprint density at radius 3 is 2.93 bits per heavy atom. The first kappa shape index (κ1) is 9.71. The second-order valence-corrected chi connectivity index (χ2v) is 3.62. The summed E-state index contributed by atoms with van der Waals surface area (Å²) in [5.41, 5.74) is 5.68. The summed E-state index contributed by atoms with van der Waals surface area (Å²) in [6.07, 6.45) is 3.55. The average molecular weight is 203 g/mol. The van der Waals surface area contributed by atoms with Gasteiger partial charge >= 0.3 is 0 Å². The summed E-state index contributed by atoms with van der Waals surface area (Å²) in [6.45, 7) is 3.91. The van der Waals surface area contributed by atoms with E-state index in [9.17, 15) is 0 Å². The summed E-state index contributed by atoms with van der Waals surface area (Å²) in [6, 6.07) is 3.66. The Morgan fingerprint density at radius 2 is 2.20 bits per heavy atom. The van der Waals surface area contributed by atoms with Crippen LogP contribution in [0.5, 0.6) is 5.88 Å². The van der Waals surface area contributed by atoms with Gasteiger partial charge in [-0.3, -0.25) is 4.98 Å². The minimum atomic E-state index is 0.0793. The van der Waals surface area contributed by atoms with E-state index in [0.717, 1.165) is 10.8 Å². The van der Waals surface area contributed by atoms with Gasteiger partial charge in [0.2, 0.25) is 5.88 Å². The topological polar surface area (TPSA) is 61.0 Å². The molecule has 0 amide bonds. The van der Waals surface area contributed by atoms with Crippen LogP contribution in [0.1, 0.15) is 13.8 Å². The lowest BCUT2D eigenvalue weighted by atomic mass is 10.2. The first-order valence-corrected chi connectivity index (χ1v) is 4.83. The Morgan fingerprint density at radius 1 is 1.40 bits per heavy atom. The molecule has 4 heteroatoms. The third kappa shape index (κ3) is 1.98. The molecule has 2 N–H and O–H groups in total. The van der Waals surface area contributed by atoms with Gasteiger partial charge in [0.15, 0.2) is 0 Å². The van der Waals surface area contributed by atoms with Gasteiger partial charge in [0.1, 0.15) is 5.82 Å². The fourth-order valence-electron chi connectivity index (χ4n) is 1.40.